The molecule has 0 amide bonds. The summed E-state index contributed by atoms with van der Waals surface area (Å²) < 4.78 is 5.21. The van der Waals surface area contributed by atoms with E-state index >= 15 is 0 Å². The molecule has 4 rings (SSSR count). The van der Waals surface area contributed by atoms with Gasteiger partial charge in [0.15, 0.2) is 12.4 Å². The first-order chi connectivity index (χ1) is 14.4. The molecular formula is C21H20N4O4S. The summed E-state index contributed by atoms with van der Waals surface area (Å²) in [5.41, 5.74) is 7.93. The molecule has 2 heterocycles. The van der Waals surface area contributed by atoms with Crippen molar-refractivity contribution in [1.29, 1.82) is 0 Å². The Kier molecular flexibility index (Phi) is 5.45. The molecule has 1 aliphatic carbocycles. The lowest BCUT2D eigenvalue weighted by Gasteiger charge is -2.17. The number of carbonyl (C=O) groups excluding carboxylic acids is 1. The number of non-ortho nitro benzene ring substituents is 1. The summed E-state index contributed by atoms with van der Waals surface area (Å²) in [5.74, 6) is 0.829. The molecule has 9 heteroatoms. The zero-order valence-corrected chi connectivity index (χ0v) is 17.1. The van der Waals surface area contributed by atoms with Crippen molar-refractivity contribution in [3.63, 3.8) is 0 Å². The molecule has 0 saturated heterocycles. The number of esters is 1. The molecule has 1 aromatic carbocycles. The average molecular weight is 424 g/mol. The fourth-order valence-electron chi connectivity index (χ4n) is 3.57. The normalized spacial score (nSPS) is 16.0. The molecular weight excluding hydrogens is 404 g/mol. The van der Waals surface area contributed by atoms with Gasteiger partial charge in [0.2, 0.25) is 0 Å². The fourth-order valence-corrected chi connectivity index (χ4v) is 4.98. The Balaban J connectivity index is 1.45. The van der Waals surface area contributed by atoms with Crippen LogP contribution in [0.15, 0.2) is 30.3 Å². The topological polar surface area (TPSA) is 121 Å². The van der Waals surface area contributed by atoms with E-state index in [-0.39, 0.29) is 12.3 Å². The molecule has 3 aromatic rings. The number of aryl methyl sites for hydroxylation is 1. The van der Waals surface area contributed by atoms with E-state index in [9.17, 15) is 14.9 Å². The van der Waals surface area contributed by atoms with Crippen LogP contribution in [0.25, 0.3) is 16.3 Å². The largest absolute Gasteiger partial charge is 0.454 e. The molecule has 2 N–H and O–H groups in total. The van der Waals surface area contributed by atoms with Crippen LogP contribution in [0.2, 0.25) is 0 Å². The third-order valence-corrected chi connectivity index (χ3v) is 6.21. The number of benzene rings is 1. The summed E-state index contributed by atoms with van der Waals surface area (Å²) in [5, 5.41) is 11.8. The van der Waals surface area contributed by atoms with E-state index < -0.39 is 10.9 Å². The zero-order valence-electron chi connectivity index (χ0n) is 16.3. The number of hydrogen-bond donors (Lipinski definition) is 1. The van der Waals surface area contributed by atoms with Crippen molar-refractivity contribution in [2.75, 3.05) is 5.73 Å². The molecule has 1 unspecified atom stereocenters. The molecule has 30 heavy (non-hydrogen) atoms. The molecule has 0 radical (unpaired) electrons. The van der Waals surface area contributed by atoms with E-state index in [0.717, 1.165) is 29.5 Å². The number of nitro benzene ring substituents is 1. The SMILES string of the molecule is CC1CCc2c(sc3nc(COC(=O)/C=C/c4cccc([N+](=O)[O-])c4)nc(N)c23)C1. The van der Waals surface area contributed by atoms with Crippen molar-refractivity contribution in [1.82, 2.24) is 9.97 Å². The van der Waals surface area contributed by atoms with Gasteiger partial charge in [-0.3, -0.25) is 10.1 Å². The molecule has 0 aliphatic heterocycles. The van der Waals surface area contributed by atoms with Crippen LogP contribution >= 0.6 is 11.3 Å². The minimum absolute atomic E-state index is 0.0456. The van der Waals surface area contributed by atoms with E-state index in [1.54, 1.807) is 23.5 Å². The van der Waals surface area contributed by atoms with Crippen LogP contribution in [0.4, 0.5) is 11.5 Å². The highest BCUT2D eigenvalue weighted by Crippen LogP contribution is 2.39. The lowest BCUT2D eigenvalue weighted by molar-refractivity contribution is -0.384. The van der Waals surface area contributed by atoms with Gasteiger partial charge in [-0.25, -0.2) is 14.8 Å². The molecule has 1 atom stereocenters. The second-order valence-corrected chi connectivity index (χ2v) is 8.43. The van der Waals surface area contributed by atoms with Crippen molar-refractivity contribution in [3.8, 4) is 0 Å². The fraction of sp³-hybridized carbons (Fsp3) is 0.286. The van der Waals surface area contributed by atoms with Crippen LogP contribution in [-0.2, 0) is 29.0 Å². The predicted octanol–water partition coefficient (Wildman–Crippen LogP) is 4.06. The van der Waals surface area contributed by atoms with E-state index in [2.05, 4.69) is 16.9 Å². The van der Waals surface area contributed by atoms with Gasteiger partial charge in [0.25, 0.3) is 5.69 Å². The third kappa shape index (κ3) is 4.16. The van der Waals surface area contributed by atoms with Crippen LogP contribution in [0.1, 0.15) is 35.2 Å². The lowest BCUT2D eigenvalue weighted by atomic mass is 9.89. The molecule has 0 fully saturated rings. The van der Waals surface area contributed by atoms with Gasteiger partial charge in [0, 0.05) is 23.1 Å². The summed E-state index contributed by atoms with van der Waals surface area (Å²) in [6.45, 7) is 2.14. The lowest BCUT2D eigenvalue weighted by Crippen LogP contribution is -2.09. The van der Waals surface area contributed by atoms with Gasteiger partial charge in [-0.15, -0.1) is 11.3 Å². The highest BCUT2D eigenvalue weighted by atomic mass is 32.1. The van der Waals surface area contributed by atoms with Crippen molar-refractivity contribution in [2.45, 2.75) is 32.8 Å². The summed E-state index contributed by atoms with van der Waals surface area (Å²) in [7, 11) is 0. The number of anilines is 1. The molecule has 1 aliphatic rings. The van der Waals surface area contributed by atoms with Gasteiger partial charge in [0.05, 0.1) is 10.3 Å². The Morgan fingerprint density at radius 1 is 1.43 bits per heavy atom. The Morgan fingerprint density at radius 2 is 2.27 bits per heavy atom. The molecule has 0 saturated carbocycles. The average Bonchev–Trinajstić information content (AvgIpc) is 3.08. The Hall–Kier alpha value is -3.33. The van der Waals surface area contributed by atoms with E-state index in [0.29, 0.717) is 23.1 Å². The van der Waals surface area contributed by atoms with Gasteiger partial charge >= 0.3 is 5.97 Å². The Morgan fingerprint density at radius 3 is 3.07 bits per heavy atom. The van der Waals surface area contributed by atoms with Crippen LogP contribution in [-0.4, -0.2) is 20.9 Å². The maximum Gasteiger partial charge on any atom is 0.331 e. The zero-order chi connectivity index (χ0) is 21.3. The summed E-state index contributed by atoms with van der Waals surface area (Å²) >= 11 is 1.64. The highest BCUT2D eigenvalue weighted by Gasteiger charge is 2.23. The second kappa shape index (κ2) is 8.19. The predicted molar refractivity (Wildman–Crippen MR) is 115 cm³/mol. The number of nitro groups is 1. The number of fused-ring (bicyclic) bond motifs is 3. The number of aromatic nitrogens is 2. The third-order valence-electron chi connectivity index (χ3n) is 5.07. The Bertz CT molecular complexity index is 1170. The van der Waals surface area contributed by atoms with Crippen molar-refractivity contribution >= 4 is 45.1 Å². The van der Waals surface area contributed by atoms with Crippen LogP contribution in [0.3, 0.4) is 0 Å². The monoisotopic (exact) mass is 424 g/mol. The van der Waals surface area contributed by atoms with Crippen LogP contribution in [0.5, 0.6) is 0 Å². The van der Waals surface area contributed by atoms with Gasteiger partial charge < -0.3 is 10.5 Å². The number of nitrogens with zero attached hydrogens (tertiary/aromatic N) is 3. The van der Waals surface area contributed by atoms with Crippen LogP contribution in [0, 0.1) is 16.0 Å². The first kappa shape index (κ1) is 20.0. The second-order valence-electron chi connectivity index (χ2n) is 7.35. The number of carbonyl (C=O) groups is 1. The molecule has 0 bridgehead atoms. The maximum atomic E-state index is 12.0. The number of nitrogen functional groups attached to an aromatic ring is 1. The van der Waals surface area contributed by atoms with Gasteiger partial charge in [-0.2, -0.15) is 0 Å². The van der Waals surface area contributed by atoms with E-state index in [1.807, 2.05) is 0 Å². The number of nitrogens with two attached hydrogens (primary N) is 1. The van der Waals surface area contributed by atoms with Gasteiger partial charge in [-0.05, 0) is 42.4 Å². The quantitative estimate of drug-likeness (QED) is 0.284. The van der Waals surface area contributed by atoms with Crippen molar-refractivity contribution in [2.24, 2.45) is 5.92 Å². The van der Waals surface area contributed by atoms with Crippen molar-refractivity contribution in [3.05, 3.63) is 62.3 Å². The number of hydrogen-bond acceptors (Lipinski definition) is 8. The molecule has 154 valence electrons. The van der Waals surface area contributed by atoms with E-state index in [1.165, 1.54) is 34.7 Å². The maximum absolute atomic E-state index is 12.0. The van der Waals surface area contributed by atoms with Crippen molar-refractivity contribution < 1.29 is 14.5 Å². The van der Waals surface area contributed by atoms with Gasteiger partial charge in [0.1, 0.15) is 10.6 Å². The number of thiophene rings is 1. The van der Waals surface area contributed by atoms with Gasteiger partial charge in [-0.1, -0.05) is 19.1 Å². The molecule has 8 nitrogen and oxygen atoms in total. The first-order valence-corrected chi connectivity index (χ1v) is 10.4. The Labute approximate surface area is 176 Å². The summed E-state index contributed by atoms with van der Waals surface area (Å²) in [6.07, 6.45) is 5.83. The van der Waals surface area contributed by atoms with E-state index in [4.69, 9.17) is 10.5 Å². The minimum atomic E-state index is -0.594. The number of rotatable bonds is 5. The summed E-state index contributed by atoms with van der Waals surface area (Å²) in [4.78, 5) is 33.4. The standard InChI is InChI=1S/C21H20N4O4S/c1-12-5-7-15-16(9-12)30-21-19(15)20(22)23-17(24-21)11-29-18(26)8-6-13-3-2-4-14(10-13)25(27)28/h2-4,6,8,10,12H,5,7,9,11H2,1H3,(H2,22,23,24)/b8-6+. The highest BCUT2D eigenvalue weighted by molar-refractivity contribution is 7.19. The summed E-state index contributed by atoms with van der Waals surface area (Å²) in [6, 6.07) is 5.97. The smallest absolute Gasteiger partial charge is 0.331 e. The number of ether oxygens (including phenoxy) is 1. The first-order valence-electron chi connectivity index (χ1n) is 9.56. The van der Waals surface area contributed by atoms with Crippen LogP contribution < -0.4 is 5.73 Å². The minimum Gasteiger partial charge on any atom is -0.454 e. The molecule has 2 aromatic heterocycles. The molecule has 0 spiro atoms.